The number of ether oxygens (including phenoxy) is 2. The van der Waals surface area contributed by atoms with Crippen LogP contribution in [-0.2, 0) is 9.47 Å². The molecule has 0 bridgehead atoms. The topological polar surface area (TPSA) is 103 Å². The highest BCUT2D eigenvalue weighted by molar-refractivity contribution is 9.10. The summed E-state index contributed by atoms with van der Waals surface area (Å²) >= 11 is 3.46. The van der Waals surface area contributed by atoms with Crippen LogP contribution in [0.5, 0.6) is 0 Å². The lowest BCUT2D eigenvalue weighted by Crippen LogP contribution is -2.35. The summed E-state index contributed by atoms with van der Waals surface area (Å²) in [4.78, 5) is 27.7. The first-order valence-corrected chi connectivity index (χ1v) is 9.63. The quantitative estimate of drug-likeness (QED) is 0.551. The average Bonchev–Trinajstić information content (AvgIpc) is 3.09. The lowest BCUT2D eigenvalue weighted by Gasteiger charge is -2.22. The Morgan fingerprint density at radius 3 is 2.66 bits per heavy atom. The van der Waals surface area contributed by atoms with Gasteiger partial charge in [0.25, 0.3) is 0 Å². The van der Waals surface area contributed by atoms with Crippen molar-refractivity contribution in [3.05, 3.63) is 47.4 Å². The Morgan fingerprint density at radius 2 is 2.07 bits per heavy atom. The van der Waals surface area contributed by atoms with E-state index < -0.39 is 23.8 Å². The van der Waals surface area contributed by atoms with Crippen LogP contribution in [0.15, 0.2) is 45.9 Å². The lowest BCUT2D eigenvalue weighted by atomic mass is 10.2. The minimum Gasteiger partial charge on any atom is -0.453 e. The average molecular weight is 466 g/mol. The predicted molar refractivity (Wildman–Crippen MR) is 113 cm³/mol. The van der Waals surface area contributed by atoms with E-state index in [1.54, 1.807) is 51.2 Å². The van der Waals surface area contributed by atoms with Crippen LogP contribution in [0.2, 0.25) is 0 Å². The summed E-state index contributed by atoms with van der Waals surface area (Å²) in [7, 11) is 1.29. The fourth-order valence-electron chi connectivity index (χ4n) is 2.37. The van der Waals surface area contributed by atoms with Crippen molar-refractivity contribution in [1.82, 2.24) is 10.3 Å². The van der Waals surface area contributed by atoms with E-state index in [0.29, 0.717) is 28.2 Å². The van der Waals surface area contributed by atoms with Gasteiger partial charge in [-0.05, 0) is 61.3 Å². The van der Waals surface area contributed by atoms with Crippen LogP contribution in [0.3, 0.4) is 0 Å². The number of halogens is 1. The van der Waals surface area contributed by atoms with Crippen molar-refractivity contribution in [3.8, 4) is 11.3 Å². The molecule has 0 aliphatic carbocycles. The van der Waals surface area contributed by atoms with Crippen molar-refractivity contribution in [2.24, 2.45) is 0 Å². The van der Waals surface area contributed by atoms with Crippen molar-refractivity contribution < 1.29 is 23.5 Å². The number of hydrogen-bond donors (Lipinski definition) is 2. The van der Waals surface area contributed by atoms with Gasteiger partial charge in [0.2, 0.25) is 5.89 Å². The number of methoxy groups -OCH3 is 1. The molecule has 2 amide bonds. The maximum Gasteiger partial charge on any atom is 0.411 e. The third-order valence-corrected chi connectivity index (χ3v) is 4.24. The van der Waals surface area contributed by atoms with Gasteiger partial charge in [-0.2, -0.15) is 0 Å². The number of amides is 2. The molecule has 0 radical (unpaired) electrons. The van der Waals surface area contributed by atoms with Gasteiger partial charge in [0, 0.05) is 15.7 Å². The first-order chi connectivity index (χ1) is 13.6. The molecule has 2 rings (SSSR count). The summed E-state index contributed by atoms with van der Waals surface area (Å²) in [6, 6.07) is 4.67. The number of anilines is 1. The van der Waals surface area contributed by atoms with Crippen LogP contribution in [-0.4, -0.2) is 29.9 Å². The molecule has 0 saturated heterocycles. The van der Waals surface area contributed by atoms with E-state index >= 15 is 0 Å². The fraction of sp³-hybridized carbons (Fsp3) is 0.350. The normalized spacial score (nSPS) is 12.0. The first-order valence-electron chi connectivity index (χ1n) is 8.84. The smallest absolute Gasteiger partial charge is 0.411 e. The first kappa shape index (κ1) is 22.5. The van der Waals surface area contributed by atoms with Crippen LogP contribution < -0.4 is 10.6 Å². The maximum atomic E-state index is 12.1. The summed E-state index contributed by atoms with van der Waals surface area (Å²) in [5.74, 6) is 0.825. The molecule has 156 valence electrons. The summed E-state index contributed by atoms with van der Waals surface area (Å²) in [5, 5.41) is 5.33. The molecular formula is C20H24BrN3O5. The molecule has 1 aromatic heterocycles. The zero-order valence-electron chi connectivity index (χ0n) is 16.7. The molecule has 0 unspecified atom stereocenters. The minimum atomic E-state index is -0.616. The fourth-order valence-corrected chi connectivity index (χ4v) is 2.95. The van der Waals surface area contributed by atoms with Gasteiger partial charge >= 0.3 is 12.2 Å². The van der Waals surface area contributed by atoms with E-state index in [9.17, 15) is 9.59 Å². The van der Waals surface area contributed by atoms with E-state index in [0.717, 1.165) is 5.56 Å². The van der Waals surface area contributed by atoms with E-state index in [1.807, 2.05) is 0 Å². The third kappa shape index (κ3) is 6.63. The number of aromatic nitrogens is 1. The van der Waals surface area contributed by atoms with Crippen molar-refractivity contribution >= 4 is 33.8 Å². The second kappa shape index (κ2) is 9.60. The number of rotatable bonds is 6. The lowest BCUT2D eigenvalue weighted by molar-refractivity contribution is 0.0496. The summed E-state index contributed by atoms with van der Waals surface area (Å²) in [6.45, 7) is 9.07. The zero-order chi connectivity index (χ0) is 21.6. The summed E-state index contributed by atoms with van der Waals surface area (Å²) in [5.41, 5.74) is 0.673. The van der Waals surface area contributed by atoms with Gasteiger partial charge in [0.1, 0.15) is 11.6 Å². The molecule has 1 heterocycles. The van der Waals surface area contributed by atoms with Gasteiger partial charge in [0.15, 0.2) is 5.76 Å². The molecule has 2 N–H and O–H groups in total. The molecule has 29 heavy (non-hydrogen) atoms. The molecule has 0 fully saturated rings. The van der Waals surface area contributed by atoms with Crippen molar-refractivity contribution in [3.63, 3.8) is 0 Å². The maximum absolute atomic E-state index is 12.1. The molecule has 1 atom stereocenters. The van der Waals surface area contributed by atoms with Gasteiger partial charge in [-0.3, -0.25) is 5.32 Å². The summed E-state index contributed by atoms with van der Waals surface area (Å²) in [6.07, 6.45) is 2.52. The highest BCUT2D eigenvalue weighted by Gasteiger charge is 2.23. The minimum absolute atomic E-state index is 0.328. The standard InChI is InChI=1S/C20H24BrN3O5/c1-6-7-15(24-19(26)29-20(2,3)4)17-22-11-16(28-17)13-9-8-12(10-14(13)21)23-18(25)27-5/h6,8-11,15H,1,7H2,2-5H3,(H,23,25)(H,24,26)/t15-/m0/s1. The second-order valence-electron chi connectivity index (χ2n) is 7.10. The molecular weight excluding hydrogens is 442 g/mol. The van der Waals surface area contributed by atoms with Crippen molar-refractivity contribution in [1.29, 1.82) is 0 Å². The van der Waals surface area contributed by atoms with Gasteiger partial charge in [-0.1, -0.05) is 6.08 Å². The van der Waals surface area contributed by atoms with Crippen LogP contribution >= 0.6 is 15.9 Å². The molecule has 2 aromatic rings. The number of carbonyl (C=O) groups excluding carboxylic acids is 2. The highest BCUT2D eigenvalue weighted by Crippen LogP contribution is 2.32. The Kier molecular flexibility index (Phi) is 7.44. The Bertz CT molecular complexity index is 888. The Balaban J connectivity index is 2.20. The number of hydrogen-bond acceptors (Lipinski definition) is 6. The van der Waals surface area contributed by atoms with Gasteiger partial charge in [0.05, 0.1) is 13.3 Å². The number of nitrogens with one attached hydrogen (secondary N) is 2. The number of oxazole rings is 1. The number of nitrogens with zero attached hydrogens (tertiary/aromatic N) is 1. The van der Waals surface area contributed by atoms with Crippen LogP contribution in [0.1, 0.15) is 39.1 Å². The van der Waals surface area contributed by atoms with Crippen LogP contribution in [0.4, 0.5) is 15.3 Å². The summed E-state index contributed by atoms with van der Waals surface area (Å²) < 4.78 is 16.4. The Labute approximate surface area is 177 Å². The number of alkyl carbamates (subject to hydrolysis) is 1. The van der Waals surface area contributed by atoms with Gasteiger partial charge in [-0.25, -0.2) is 14.6 Å². The van der Waals surface area contributed by atoms with Gasteiger partial charge < -0.3 is 19.2 Å². The van der Waals surface area contributed by atoms with Gasteiger partial charge in [-0.15, -0.1) is 6.58 Å². The largest absolute Gasteiger partial charge is 0.453 e. The highest BCUT2D eigenvalue weighted by atomic mass is 79.9. The molecule has 8 nitrogen and oxygen atoms in total. The second-order valence-corrected chi connectivity index (χ2v) is 7.95. The monoisotopic (exact) mass is 465 g/mol. The van der Waals surface area contributed by atoms with E-state index in [2.05, 4.69) is 42.9 Å². The Hall–Kier alpha value is -2.81. The SMILES string of the molecule is C=CC[C@H](NC(=O)OC(C)(C)C)c1ncc(-c2ccc(NC(=O)OC)cc2Br)o1. The molecule has 9 heteroatoms. The molecule has 0 spiro atoms. The van der Waals surface area contributed by atoms with Crippen LogP contribution in [0, 0.1) is 0 Å². The van der Waals surface area contributed by atoms with Crippen LogP contribution in [0.25, 0.3) is 11.3 Å². The number of benzene rings is 1. The molecule has 1 aromatic carbocycles. The van der Waals surface area contributed by atoms with E-state index in [4.69, 9.17) is 9.15 Å². The number of carbonyl (C=O) groups is 2. The van der Waals surface area contributed by atoms with Crippen molar-refractivity contribution in [2.45, 2.75) is 38.8 Å². The Morgan fingerprint density at radius 1 is 1.34 bits per heavy atom. The van der Waals surface area contributed by atoms with E-state index in [-0.39, 0.29) is 0 Å². The van der Waals surface area contributed by atoms with Crippen molar-refractivity contribution in [2.75, 3.05) is 12.4 Å². The molecule has 0 aliphatic rings. The zero-order valence-corrected chi connectivity index (χ0v) is 18.3. The predicted octanol–water partition coefficient (Wildman–Crippen LogP) is 5.42. The third-order valence-electron chi connectivity index (χ3n) is 3.58. The molecule has 0 saturated carbocycles. The van der Waals surface area contributed by atoms with E-state index in [1.165, 1.54) is 7.11 Å². The molecule has 0 aliphatic heterocycles.